The Morgan fingerprint density at radius 3 is 1.82 bits per heavy atom. The molecule has 0 heterocycles. The molecule has 0 nitrogen and oxygen atoms in total. The van der Waals surface area contributed by atoms with Crippen LogP contribution in [0.25, 0.3) is 0 Å². The first-order chi connectivity index (χ1) is 24.1. The van der Waals surface area contributed by atoms with Crippen molar-refractivity contribution in [3.63, 3.8) is 0 Å². The van der Waals surface area contributed by atoms with E-state index in [1.807, 2.05) is 0 Å². The largest absolute Gasteiger partial charge is 0.0471 e. The van der Waals surface area contributed by atoms with Crippen LogP contribution in [-0.4, -0.2) is 6.16 Å². The molecular weight excluding hydrogens is 687 g/mol. The van der Waals surface area contributed by atoms with Gasteiger partial charge >= 0.3 is 259 Å². The third kappa shape index (κ3) is 6.33. The Morgan fingerprint density at radius 1 is 0.680 bits per heavy atom. The molecule has 0 radical (unpaired) electrons. The van der Waals surface area contributed by atoms with Crippen LogP contribution in [0, 0.1) is 58.2 Å². The molecule has 50 heavy (non-hydrogen) atoms. The minimum atomic E-state index is -2.88. The van der Waals surface area contributed by atoms with E-state index in [-0.39, 0.29) is 0 Å². The molecule has 4 aliphatic carbocycles. The van der Waals surface area contributed by atoms with E-state index in [2.05, 4.69) is 126 Å². The Balaban J connectivity index is 1.03. The monoisotopic (exact) mass is 754 g/mol. The van der Waals surface area contributed by atoms with Crippen molar-refractivity contribution in [2.45, 2.75) is 125 Å². The minimum absolute atomic E-state index is 0.574. The van der Waals surface area contributed by atoms with Crippen molar-refractivity contribution in [3.05, 3.63) is 91.0 Å². The minimum Gasteiger partial charge on any atom is -0.0471 e. The van der Waals surface area contributed by atoms with E-state index in [1.165, 1.54) is 93.0 Å². The van der Waals surface area contributed by atoms with Gasteiger partial charge < -0.3 is 0 Å². The first-order valence-corrected chi connectivity index (χ1v) is 25.5. The second-order valence-corrected chi connectivity index (χ2v) is 27.7. The second-order valence-electron chi connectivity index (χ2n) is 18.7. The van der Waals surface area contributed by atoms with E-state index < -0.39 is 5.31 Å². The van der Waals surface area contributed by atoms with E-state index in [9.17, 15) is 0 Å². The zero-order valence-corrected chi connectivity index (χ0v) is 34.7. The van der Waals surface area contributed by atoms with Crippen LogP contribution in [0.2, 0.25) is 0 Å². The van der Waals surface area contributed by atoms with Gasteiger partial charge in [-0.3, -0.25) is 0 Å². The average Bonchev–Trinajstić information content (AvgIpc) is 3.50. The van der Waals surface area contributed by atoms with Crippen LogP contribution in [0.1, 0.15) is 125 Å². The fraction of sp³-hybridized carbons (Fsp3) is 0.625. The van der Waals surface area contributed by atoms with Gasteiger partial charge in [0.05, 0.1) is 0 Å². The van der Waals surface area contributed by atoms with Crippen molar-refractivity contribution in [2.75, 3.05) is 6.16 Å². The Labute approximate surface area is 315 Å². The van der Waals surface area contributed by atoms with Crippen molar-refractivity contribution in [1.82, 2.24) is 0 Å². The molecule has 0 saturated heterocycles. The fourth-order valence-corrected chi connectivity index (χ4v) is 22.5. The number of benzene rings is 3. The molecular formula is C48H68BrP. The standard InChI is InChI=1S/C48H68BrP/c1-6-17-38-30-32-47(4)39(34-38)26-27-43-45-29-28-44(48(45,5)33-31-46(43)47)37(3)19-16-18-36(2)35-50(49,40-20-10-7-11-21-40,41-22-12-8-13-23-41)42-24-14-9-15-25-42/h7-15,20-25,36-39,43-46H,6,16-19,26-35H2,1-5H3/t36?,37-,38?,39?,43+,44-,45+,46+,47+,48-/m1/s1. The summed E-state index contributed by atoms with van der Waals surface area (Å²) >= 11 is 4.73. The summed E-state index contributed by atoms with van der Waals surface area (Å²) in [6.07, 6.45) is 21.8. The molecule has 10 atom stereocenters. The normalized spacial score (nSPS) is 34.4. The molecule has 0 spiro atoms. The zero-order valence-electron chi connectivity index (χ0n) is 32.2. The van der Waals surface area contributed by atoms with E-state index in [0.29, 0.717) is 16.7 Å². The molecule has 3 aromatic carbocycles. The number of hydrogen-bond donors (Lipinski definition) is 0. The maximum Gasteiger partial charge on any atom is -0.0471 e. The van der Waals surface area contributed by atoms with Gasteiger partial charge in [-0.25, -0.2) is 0 Å². The molecule has 4 aliphatic rings. The van der Waals surface area contributed by atoms with E-state index in [0.717, 1.165) is 47.6 Å². The topological polar surface area (TPSA) is 0 Å². The first kappa shape index (κ1) is 36.9. The van der Waals surface area contributed by atoms with Gasteiger partial charge in [-0.1, -0.05) is 26.7 Å². The second kappa shape index (κ2) is 14.8. The van der Waals surface area contributed by atoms with E-state index >= 15 is 0 Å². The summed E-state index contributed by atoms with van der Waals surface area (Å²) in [7, 11) is 0. The van der Waals surface area contributed by atoms with Crippen molar-refractivity contribution >= 4 is 36.7 Å². The third-order valence-electron chi connectivity index (χ3n) is 16.1. The van der Waals surface area contributed by atoms with Gasteiger partial charge in [0.25, 0.3) is 0 Å². The maximum absolute atomic E-state index is 4.73. The van der Waals surface area contributed by atoms with Gasteiger partial charge in [0, 0.05) is 0 Å². The van der Waals surface area contributed by atoms with Crippen LogP contribution in [0.4, 0.5) is 0 Å². The van der Waals surface area contributed by atoms with Crippen LogP contribution in [0.5, 0.6) is 0 Å². The molecule has 0 aliphatic heterocycles. The summed E-state index contributed by atoms with van der Waals surface area (Å²) in [5.74, 6) is 7.42. The molecule has 272 valence electrons. The Hall–Kier alpha value is -1.43. The average molecular weight is 756 g/mol. The van der Waals surface area contributed by atoms with Crippen molar-refractivity contribution in [2.24, 2.45) is 58.2 Å². The van der Waals surface area contributed by atoms with Crippen LogP contribution < -0.4 is 15.9 Å². The van der Waals surface area contributed by atoms with Crippen molar-refractivity contribution in [1.29, 1.82) is 0 Å². The molecule has 4 fully saturated rings. The number of hydrogen-bond acceptors (Lipinski definition) is 0. The van der Waals surface area contributed by atoms with Crippen LogP contribution in [0.15, 0.2) is 91.0 Å². The van der Waals surface area contributed by atoms with E-state index in [4.69, 9.17) is 15.5 Å². The molecule has 0 aromatic heterocycles. The summed E-state index contributed by atoms with van der Waals surface area (Å²) in [5, 5.41) is 1.48. The smallest absolute Gasteiger partial charge is 0.0471 e. The number of rotatable bonds is 12. The SMILES string of the molecule is CCCC1CC[C@@]2(C)C(CC[C@H]3[C@@H]4CC[C@H]([C@H](C)CCCC(C)CP(Br)(c5ccccc5)(c5ccccc5)c5ccccc5)[C@@]4(C)CC[C@@H]32)C1. The summed E-state index contributed by atoms with van der Waals surface area (Å²) in [4.78, 5) is 0. The van der Waals surface area contributed by atoms with E-state index in [1.54, 1.807) is 12.8 Å². The molecule has 0 N–H and O–H groups in total. The maximum atomic E-state index is 4.73. The van der Waals surface area contributed by atoms with Gasteiger partial charge in [-0.2, -0.15) is 0 Å². The Kier molecular flexibility index (Phi) is 10.9. The van der Waals surface area contributed by atoms with Gasteiger partial charge in [0.1, 0.15) is 0 Å². The van der Waals surface area contributed by atoms with Crippen LogP contribution in [0.3, 0.4) is 0 Å². The molecule has 2 heteroatoms. The van der Waals surface area contributed by atoms with Crippen LogP contribution in [-0.2, 0) is 0 Å². The van der Waals surface area contributed by atoms with Gasteiger partial charge in [-0.05, 0) is 31.1 Å². The first-order valence-electron chi connectivity index (χ1n) is 21.0. The predicted molar refractivity (Wildman–Crippen MR) is 225 cm³/mol. The van der Waals surface area contributed by atoms with Crippen molar-refractivity contribution < 1.29 is 0 Å². The van der Waals surface area contributed by atoms with Gasteiger partial charge in [0.2, 0.25) is 0 Å². The van der Waals surface area contributed by atoms with Crippen molar-refractivity contribution in [3.8, 4) is 0 Å². The molecule has 4 saturated carbocycles. The fourth-order valence-electron chi connectivity index (χ4n) is 13.6. The number of halogens is 1. The Morgan fingerprint density at radius 2 is 1.24 bits per heavy atom. The molecule has 0 bridgehead atoms. The van der Waals surface area contributed by atoms with Gasteiger partial charge in [-0.15, -0.1) is 0 Å². The number of fused-ring (bicyclic) bond motifs is 5. The summed E-state index contributed by atoms with van der Waals surface area (Å²) in [6.45, 7) is 13.2. The molecule has 3 aromatic rings. The third-order valence-corrected chi connectivity index (χ3v) is 26.1. The summed E-state index contributed by atoms with van der Waals surface area (Å²) < 4.78 is 0. The molecule has 3 unspecified atom stereocenters. The summed E-state index contributed by atoms with van der Waals surface area (Å²) in [5.41, 5.74) is 1.21. The van der Waals surface area contributed by atoms with Gasteiger partial charge in [0.15, 0.2) is 0 Å². The summed E-state index contributed by atoms with van der Waals surface area (Å²) in [6, 6.07) is 34.3. The predicted octanol–water partition coefficient (Wildman–Crippen LogP) is 13.3. The zero-order chi connectivity index (χ0) is 35.0. The molecule has 0 amide bonds. The quantitative estimate of drug-likeness (QED) is 0.162. The Bertz CT molecular complexity index is 1440. The molecule has 7 rings (SSSR count). The van der Waals surface area contributed by atoms with Crippen LogP contribution >= 0.6 is 20.8 Å².